The number of nitrogens with one attached hydrogen (secondary N) is 1. The fourth-order valence-corrected chi connectivity index (χ4v) is 3.99. The summed E-state index contributed by atoms with van der Waals surface area (Å²) in [6.45, 7) is 0.602. The molecule has 10 heteroatoms. The van der Waals surface area contributed by atoms with Crippen LogP contribution < -0.4 is 14.2 Å². The minimum Gasteiger partial charge on any atom is -0.486 e. The molecule has 0 radical (unpaired) electrons. The predicted octanol–water partition coefficient (Wildman–Crippen LogP) is 0.0919. The van der Waals surface area contributed by atoms with Crippen molar-refractivity contribution in [2.24, 2.45) is 0 Å². The molecular formula is C14H17N3O6S. The van der Waals surface area contributed by atoms with Gasteiger partial charge in [0.25, 0.3) is 5.91 Å². The number of hydrogen-bond acceptors (Lipinski definition) is 6. The van der Waals surface area contributed by atoms with Crippen molar-refractivity contribution in [3.63, 3.8) is 0 Å². The molecule has 0 aliphatic carbocycles. The van der Waals surface area contributed by atoms with Crippen molar-refractivity contribution in [3.05, 3.63) is 18.2 Å². The maximum atomic E-state index is 12.6. The van der Waals surface area contributed by atoms with Crippen LogP contribution >= 0.6 is 0 Å². The quantitative estimate of drug-likeness (QED) is 0.824. The summed E-state index contributed by atoms with van der Waals surface area (Å²) in [7, 11) is -1.33. The lowest BCUT2D eigenvalue weighted by atomic mass is 10.3. The number of sulfonamides is 1. The van der Waals surface area contributed by atoms with E-state index in [-0.39, 0.29) is 12.2 Å². The topological polar surface area (TPSA) is 105 Å². The highest BCUT2D eigenvalue weighted by Gasteiger charge is 2.43. The minimum absolute atomic E-state index is 0.206. The molecule has 130 valence electrons. The normalized spacial score (nSPS) is 21.0. The Morgan fingerprint density at radius 2 is 1.79 bits per heavy atom. The molecule has 0 spiro atoms. The van der Waals surface area contributed by atoms with Gasteiger partial charge in [0.1, 0.15) is 13.2 Å². The Kier molecular flexibility index (Phi) is 3.99. The van der Waals surface area contributed by atoms with Gasteiger partial charge in [-0.25, -0.2) is 13.2 Å². The summed E-state index contributed by atoms with van der Waals surface area (Å²) in [5, 5.41) is -1.38. The smallest absolute Gasteiger partial charge is 0.326 e. The number of ether oxygens (including phenoxy) is 2. The molecule has 1 N–H and O–H groups in total. The van der Waals surface area contributed by atoms with Crippen molar-refractivity contribution in [2.75, 3.05) is 38.6 Å². The monoisotopic (exact) mass is 355 g/mol. The van der Waals surface area contributed by atoms with Gasteiger partial charge in [0, 0.05) is 26.7 Å². The van der Waals surface area contributed by atoms with Crippen LogP contribution in [0.1, 0.15) is 0 Å². The maximum Gasteiger partial charge on any atom is 0.326 e. The summed E-state index contributed by atoms with van der Waals surface area (Å²) in [6.07, 6.45) is 0. The summed E-state index contributed by atoms with van der Waals surface area (Å²) in [5.41, 5.74) is 0.259. The van der Waals surface area contributed by atoms with E-state index in [1.54, 1.807) is 6.07 Å². The van der Waals surface area contributed by atoms with Crippen LogP contribution in [-0.4, -0.2) is 69.3 Å². The number of nitrogens with zero attached hydrogens (tertiary/aromatic N) is 2. The van der Waals surface area contributed by atoms with Gasteiger partial charge in [-0.2, -0.15) is 0 Å². The molecule has 1 unspecified atom stereocenters. The highest BCUT2D eigenvalue weighted by molar-refractivity contribution is 7.94. The van der Waals surface area contributed by atoms with Crippen molar-refractivity contribution in [2.45, 2.75) is 5.25 Å². The molecule has 2 heterocycles. The van der Waals surface area contributed by atoms with Crippen LogP contribution in [0.15, 0.2) is 18.2 Å². The first-order valence-electron chi connectivity index (χ1n) is 7.23. The number of amides is 3. The molecule has 0 bridgehead atoms. The van der Waals surface area contributed by atoms with Gasteiger partial charge in [0.05, 0.1) is 5.69 Å². The number of imide groups is 1. The van der Waals surface area contributed by atoms with Crippen LogP contribution in [0.4, 0.5) is 10.5 Å². The van der Waals surface area contributed by atoms with E-state index in [1.807, 2.05) is 0 Å². The van der Waals surface area contributed by atoms with Crippen molar-refractivity contribution in [1.82, 2.24) is 9.80 Å². The van der Waals surface area contributed by atoms with E-state index in [0.717, 1.165) is 4.90 Å². The third kappa shape index (κ3) is 2.84. The van der Waals surface area contributed by atoms with Crippen LogP contribution in [0, 0.1) is 0 Å². The van der Waals surface area contributed by atoms with E-state index >= 15 is 0 Å². The van der Waals surface area contributed by atoms with Crippen LogP contribution in [0.3, 0.4) is 0 Å². The molecule has 1 saturated heterocycles. The molecule has 1 atom stereocenters. The van der Waals surface area contributed by atoms with Gasteiger partial charge in [-0.1, -0.05) is 0 Å². The first-order valence-corrected chi connectivity index (χ1v) is 8.78. The lowest BCUT2D eigenvalue weighted by molar-refractivity contribution is -0.129. The number of anilines is 1. The summed E-state index contributed by atoms with van der Waals surface area (Å²) < 4.78 is 38.3. The van der Waals surface area contributed by atoms with Gasteiger partial charge in [-0.3, -0.25) is 14.4 Å². The molecule has 24 heavy (non-hydrogen) atoms. The second kappa shape index (κ2) is 5.86. The van der Waals surface area contributed by atoms with Crippen molar-refractivity contribution >= 4 is 27.6 Å². The number of fused-ring (bicyclic) bond motifs is 1. The second-order valence-electron chi connectivity index (χ2n) is 5.55. The Balaban J connectivity index is 1.83. The number of hydrogen-bond donors (Lipinski definition) is 1. The van der Waals surface area contributed by atoms with Crippen LogP contribution in [0.25, 0.3) is 0 Å². The summed E-state index contributed by atoms with van der Waals surface area (Å²) in [6, 6.07) is 4.08. The Hall–Kier alpha value is -2.49. The second-order valence-corrected chi connectivity index (χ2v) is 7.42. The van der Waals surface area contributed by atoms with Gasteiger partial charge in [0.2, 0.25) is 10.0 Å². The molecule has 3 amide bonds. The lowest BCUT2D eigenvalue weighted by Gasteiger charge is -2.34. The van der Waals surface area contributed by atoms with Gasteiger partial charge in [0.15, 0.2) is 16.7 Å². The zero-order valence-electron chi connectivity index (χ0n) is 13.2. The van der Waals surface area contributed by atoms with Gasteiger partial charge in [-0.15, -0.1) is 0 Å². The number of carbonyl (C=O) groups excluding carboxylic acids is 2. The largest absolute Gasteiger partial charge is 0.486 e. The SMILES string of the molecule is CN1CC(S(=O)(=O)Nc2ccc3c(c2)OCCO3)C(=O)N(C)C1=O. The van der Waals surface area contributed by atoms with Crippen LogP contribution in [0.2, 0.25) is 0 Å². The third-order valence-corrected chi connectivity index (χ3v) is 5.46. The van der Waals surface area contributed by atoms with E-state index in [9.17, 15) is 18.0 Å². The Labute approximate surface area is 139 Å². The molecular weight excluding hydrogens is 338 g/mol. The molecule has 9 nitrogen and oxygen atoms in total. The summed E-state index contributed by atoms with van der Waals surface area (Å²) in [4.78, 5) is 25.9. The molecule has 1 aromatic rings. The highest BCUT2D eigenvalue weighted by atomic mass is 32.2. The first kappa shape index (κ1) is 16.4. The van der Waals surface area contributed by atoms with Crippen LogP contribution in [-0.2, 0) is 14.8 Å². The highest BCUT2D eigenvalue weighted by Crippen LogP contribution is 2.33. The Morgan fingerprint density at radius 1 is 1.12 bits per heavy atom. The van der Waals surface area contributed by atoms with Gasteiger partial charge >= 0.3 is 6.03 Å². The lowest BCUT2D eigenvalue weighted by Crippen LogP contribution is -2.59. The average Bonchev–Trinajstić information content (AvgIpc) is 2.55. The summed E-state index contributed by atoms with van der Waals surface area (Å²) in [5.74, 6) is 0.201. The van der Waals surface area contributed by atoms with Crippen molar-refractivity contribution < 1.29 is 27.5 Å². The van der Waals surface area contributed by atoms with Gasteiger partial charge in [-0.05, 0) is 12.1 Å². The zero-order chi connectivity index (χ0) is 17.5. The number of carbonyl (C=O) groups is 2. The third-order valence-electron chi connectivity index (χ3n) is 3.84. The molecule has 1 fully saturated rings. The Bertz CT molecular complexity index is 794. The summed E-state index contributed by atoms with van der Waals surface area (Å²) >= 11 is 0. The van der Waals surface area contributed by atoms with Gasteiger partial charge < -0.3 is 14.4 Å². The average molecular weight is 355 g/mol. The first-order chi connectivity index (χ1) is 11.3. The van der Waals surface area contributed by atoms with Crippen molar-refractivity contribution in [1.29, 1.82) is 0 Å². The zero-order valence-corrected chi connectivity index (χ0v) is 14.0. The fourth-order valence-electron chi connectivity index (χ4n) is 2.54. The maximum absolute atomic E-state index is 12.6. The number of urea groups is 1. The Morgan fingerprint density at radius 3 is 2.50 bits per heavy atom. The molecule has 3 rings (SSSR count). The van der Waals surface area contributed by atoms with Crippen molar-refractivity contribution in [3.8, 4) is 11.5 Å². The van der Waals surface area contributed by atoms with E-state index < -0.39 is 27.2 Å². The fraction of sp³-hybridized carbons (Fsp3) is 0.429. The van der Waals surface area contributed by atoms with E-state index in [1.165, 1.54) is 31.1 Å². The minimum atomic E-state index is -4.03. The standard InChI is InChI=1S/C14H17N3O6S/c1-16-8-12(13(18)17(2)14(16)19)24(20,21)15-9-3-4-10-11(7-9)23-6-5-22-10/h3-4,7,12,15H,5-6,8H2,1-2H3. The molecule has 2 aliphatic rings. The molecule has 0 saturated carbocycles. The predicted molar refractivity (Wildman–Crippen MR) is 84.6 cm³/mol. The van der Waals surface area contributed by atoms with E-state index in [4.69, 9.17) is 9.47 Å². The molecule has 2 aliphatic heterocycles. The van der Waals surface area contributed by atoms with Crippen LogP contribution in [0.5, 0.6) is 11.5 Å². The van der Waals surface area contributed by atoms with E-state index in [0.29, 0.717) is 24.7 Å². The molecule has 0 aromatic heterocycles. The number of benzene rings is 1. The number of rotatable bonds is 3. The van der Waals surface area contributed by atoms with E-state index in [2.05, 4.69) is 4.72 Å². The molecule has 1 aromatic carbocycles.